The van der Waals surface area contributed by atoms with Crippen LogP contribution >= 0.6 is 11.3 Å². The smallest absolute Gasteiger partial charge is 0.0464 e. The minimum Gasteiger partial charge on any atom is -0.310 e. The summed E-state index contributed by atoms with van der Waals surface area (Å²) in [5.74, 6) is 0. The molecule has 0 saturated carbocycles. The second-order valence-corrected chi connectivity index (χ2v) is 7.22. The van der Waals surface area contributed by atoms with E-state index >= 15 is 0 Å². The van der Waals surface area contributed by atoms with E-state index in [4.69, 9.17) is 0 Å². The fourth-order valence-corrected chi connectivity index (χ4v) is 3.77. The Bertz CT molecular complexity index is 979. The van der Waals surface area contributed by atoms with E-state index in [2.05, 4.69) is 120 Å². The first-order valence-corrected chi connectivity index (χ1v) is 9.97. The minimum absolute atomic E-state index is 1.16. The Morgan fingerprint density at radius 2 is 1.37 bits per heavy atom. The van der Waals surface area contributed by atoms with Crippen LogP contribution in [-0.4, -0.2) is 0 Å². The number of rotatable bonds is 5. The van der Waals surface area contributed by atoms with Crippen LogP contribution in [0, 0.1) is 6.92 Å². The second-order valence-electron chi connectivity index (χ2n) is 6.44. The molecule has 2 heteroatoms. The molecule has 0 fully saturated rings. The zero-order valence-electron chi connectivity index (χ0n) is 15.2. The van der Waals surface area contributed by atoms with Crippen LogP contribution in [0.2, 0.25) is 0 Å². The molecule has 4 aromatic rings. The third-order valence-corrected chi connectivity index (χ3v) is 5.24. The third-order valence-electron chi connectivity index (χ3n) is 4.54. The van der Waals surface area contributed by atoms with E-state index in [1.54, 1.807) is 11.3 Å². The molecule has 0 atom stereocenters. The van der Waals surface area contributed by atoms with E-state index in [1.807, 2.05) is 0 Å². The average Bonchev–Trinajstić information content (AvgIpc) is 3.23. The molecule has 132 valence electrons. The van der Waals surface area contributed by atoms with Gasteiger partial charge in [-0.3, -0.25) is 0 Å². The Hall–Kier alpha value is -3.10. The topological polar surface area (TPSA) is 3.24 Å². The molecule has 0 aliphatic carbocycles. The van der Waals surface area contributed by atoms with Gasteiger partial charge in [-0.1, -0.05) is 54.6 Å². The van der Waals surface area contributed by atoms with Crippen molar-refractivity contribution in [2.24, 2.45) is 0 Å². The summed E-state index contributed by atoms with van der Waals surface area (Å²) in [7, 11) is 0. The zero-order chi connectivity index (χ0) is 18.5. The number of hydrogen-bond acceptors (Lipinski definition) is 2. The maximum absolute atomic E-state index is 2.29. The average molecular weight is 368 g/mol. The van der Waals surface area contributed by atoms with Crippen LogP contribution in [0.15, 0.2) is 95.7 Å². The summed E-state index contributed by atoms with van der Waals surface area (Å²) in [4.78, 5) is 2.29. The molecule has 0 spiro atoms. The maximum atomic E-state index is 2.29. The van der Waals surface area contributed by atoms with Crippen molar-refractivity contribution in [2.45, 2.75) is 6.92 Å². The summed E-state index contributed by atoms with van der Waals surface area (Å²) in [5.41, 5.74) is 7.23. The highest BCUT2D eigenvalue weighted by molar-refractivity contribution is 7.08. The van der Waals surface area contributed by atoms with E-state index in [0.717, 1.165) is 17.1 Å². The van der Waals surface area contributed by atoms with Crippen LogP contribution in [-0.2, 0) is 0 Å². The number of hydrogen-bond donors (Lipinski definition) is 0. The highest BCUT2D eigenvalue weighted by Crippen LogP contribution is 2.35. The summed E-state index contributed by atoms with van der Waals surface area (Å²) in [6.45, 7) is 2.17. The molecule has 0 saturated heterocycles. The first-order valence-electron chi connectivity index (χ1n) is 9.02. The van der Waals surface area contributed by atoms with Gasteiger partial charge in [0.15, 0.2) is 0 Å². The molecule has 0 bridgehead atoms. The van der Waals surface area contributed by atoms with Gasteiger partial charge < -0.3 is 4.90 Å². The lowest BCUT2D eigenvalue weighted by molar-refractivity contribution is 1.27. The fraction of sp³-hybridized carbons (Fsp3) is 0.0400. The summed E-state index contributed by atoms with van der Waals surface area (Å²) in [6.07, 6.45) is 4.36. The van der Waals surface area contributed by atoms with Crippen molar-refractivity contribution in [1.82, 2.24) is 0 Å². The molecular weight excluding hydrogens is 346 g/mol. The van der Waals surface area contributed by atoms with E-state index < -0.39 is 0 Å². The van der Waals surface area contributed by atoms with Crippen molar-refractivity contribution in [3.8, 4) is 0 Å². The van der Waals surface area contributed by atoms with Crippen LogP contribution < -0.4 is 4.90 Å². The molecule has 0 aliphatic rings. The third kappa shape index (κ3) is 4.02. The van der Waals surface area contributed by atoms with Crippen molar-refractivity contribution in [3.05, 3.63) is 112 Å². The van der Waals surface area contributed by atoms with E-state index in [-0.39, 0.29) is 0 Å². The molecule has 0 N–H and O–H groups in total. The van der Waals surface area contributed by atoms with Gasteiger partial charge in [0.1, 0.15) is 0 Å². The zero-order valence-corrected chi connectivity index (χ0v) is 16.1. The summed E-state index contributed by atoms with van der Waals surface area (Å²) < 4.78 is 0. The van der Waals surface area contributed by atoms with Crippen LogP contribution in [0.4, 0.5) is 17.1 Å². The predicted molar refractivity (Wildman–Crippen MR) is 119 cm³/mol. The lowest BCUT2D eigenvalue weighted by atomic mass is 10.1. The fourth-order valence-electron chi connectivity index (χ4n) is 3.14. The highest BCUT2D eigenvalue weighted by atomic mass is 32.1. The largest absolute Gasteiger partial charge is 0.310 e. The van der Waals surface area contributed by atoms with Gasteiger partial charge in [0.2, 0.25) is 0 Å². The number of anilines is 3. The molecular formula is C25H21NS. The van der Waals surface area contributed by atoms with Gasteiger partial charge in [0.05, 0.1) is 0 Å². The SMILES string of the molecule is Cc1cc(N(c2ccccc2)c2ccccc2)ccc1C=Cc1ccsc1. The minimum atomic E-state index is 1.16. The maximum Gasteiger partial charge on any atom is 0.0464 e. The van der Waals surface area contributed by atoms with Gasteiger partial charge >= 0.3 is 0 Å². The Morgan fingerprint density at radius 3 is 1.93 bits per heavy atom. The molecule has 1 nitrogen and oxygen atoms in total. The van der Waals surface area contributed by atoms with Crippen LogP contribution in [0.1, 0.15) is 16.7 Å². The molecule has 1 aromatic heterocycles. The van der Waals surface area contributed by atoms with Crippen molar-refractivity contribution < 1.29 is 0 Å². The van der Waals surface area contributed by atoms with Gasteiger partial charge in [-0.05, 0) is 76.8 Å². The van der Waals surface area contributed by atoms with E-state index in [9.17, 15) is 0 Å². The van der Waals surface area contributed by atoms with Crippen molar-refractivity contribution in [3.63, 3.8) is 0 Å². The molecule has 4 rings (SSSR count). The summed E-state index contributed by atoms with van der Waals surface area (Å²) >= 11 is 1.72. The number of aryl methyl sites for hydroxylation is 1. The number of para-hydroxylation sites is 2. The second kappa shape index (κ2) is 8.07. The molecule has 27 heavy (non-hydrogen) atoms. The van der Waals surface area contributed by atoms with Crippen LogP contribution in [0.5, 0.6) is 0 Å². The summed E-state index contributed by atoms with van der Waals surface area (Å²) in [5, 5.41) is 4.26. The first kappa shape index (κ1) is 17.3. The summed E-state index contributed by atoms with van der Waals surface area (Å²) in [6, 6.07) is 29.8. The van der Waals surface area contributed by atoms with Crippen molar-refractivity contribution in [1.29, 1.82) is 0 Å². The predicted octanol–water partition coefficient (Wildman–Crippen LogP) is 7.70. The van der Waals surface area contributed by atoms with Crippen LogP contribution in [0.3, 0.4) is 0 Å². The van der Waals surface area contributed by atoms with Gasteiger partial charge in [-0.15, -0.1) is 0 Å². The Balaban J connectivity index is 1.72. The Kier molecular flexibility index (Phi) is 5.17. The first-order chi connectivity index (χ1) is 13.3. The van der Waals surface area contributed by atoms with Gasteiger partial charge in [-0.2, -0.15) is 11.3 Å². The van der Waals surface area contributed by atoms with E-state index in [1.165, 1.54) is 16.7 Å². The lowest BCUT2D eigenvalue weighted by Gasteiger charge is -2.26. The molecule has 0 unspecified atom stereocenters. The molecule has 3 aromatic carbocycles. The van der Waals surface area contributed by atoms with E-state index in [0.29, 0.717) is 0 Å². The quantitative estimate of drug-likeness (QED) is 0.349. The molecule has 0 amide bonds. The normalized spacial score (nSPS) is 11.0. The van der Waals surface area contributed by atoms with Gasteiger partial charge in [-0.25, -0.2) is 0 Å². The number of benzene rings is 3. The standard InChI is InChI=1S/C25H21NS/c1-20-18-25(15-14-22(20)13-12-21-16-17-27-19-21)26(23-8-4-2-5-9-23)24-10-6-3-7-11-24/h2-19H,1H3. The molecule has 0 aliphatic heterocycles. The van der Waals surface area contributed by atoms with Crippen molar-refractivity contribution >= 4 is 40.6 Å². The monoisotopic (exact) mass is 367 g/mol. The van der Waals surface area contributed by atoms with Gasteiger partial charge in [0.25, 0.3) is 0 Å². The highest BCUT2D eigenvalue weighted by Gasteiger charge is 2.12. The molecule has 1 heterocycles. The number of nitrogens with zero attached hydrogens (tertiary/aromatic N) is 1. The lowest BCUT2D eigenvalue weighted by Crippen LogP contribution is -2.09. The van der Waals surface area contributed by atoms with Crippen LogP contribution in [0.25, 0.3) is 12.2 Å². The Morgan fingerprint density at radius 1 is 0.704 bits per heavy atom. The molecule has 0 radical (unpaired) electrons. The van der Waals surface area contributed by atoms with Gasteiger partial charge in [0, 0.05) is 17.1 Å². The number of thiophene rings is 1. The van der Waals surface area contributed by atoms with Crippen molar-refractivity contribution in [2.75, 3.05) is 4.90 Å². The Labute approximate surface area is 164 Å².